The van der Waals surface area contributed by atoms with Crippen LogP contribution in [0.3, 0.4) is 0 Å². The minimum absolute atomic E-state index is 0.0389. The number of nitrogens with zero attached hydrogens (tertiary/aromatic N) is 4. The van der Waals surface area contributed by atoms with Gasteiger partial charge in [-0.05, 0) is 29.3 Å². The van der Waals surface area contributed by atoms with Crippen LogP contribution < -0.4 is 5.56 Å². The molecule has 4 aromatic rings. The molecule has 0 aliphatic carbocycles. The molecule has 2 aromatic heterocycles. The standard InChI is InChI=1S/C26H22N4O2/c31-24-12-11-23(19-13-15-27-16-14-19)28-30(24)22-17-29(18-22)26(32)25(20-7-3-1-4-8-20)21-9-5-2-6-10-21/h1-16,22,25H,17-18H2. The summed E-state index contributed by atoms with van der Waals surface area (Å²) in [5.74, 6) is -0.330. The second kappa shape index (κ2) is 8.59. The summed E-state index contributed by atoms with van der Waals surface area (Å²) in [6.07, 6.45) is 3.40. The molecule has 1 amide bonds. The molecule has 0 radical (unpaired) electrons. The number of aromatic nitrogens is 3. The summed E-state index contributed by atoms with van der Waals surface area (Å²) in [5.41, 5.74) is 3.37. The van der Waals surface area contributed by atoms with E-state index in [9.17, 15) is 9.59 Å². The van der Waals surface area contributed by atoms with Crippen molar-refractivity contribution in [1.82, 2.24) is 19.7 Å². The van der Waals surface area contributed by atoms with Gasteiger partial charge >= 0.3 is 0 Å². The van der Waals surface area contributed by atoms with E-state index in [1.165, 1.54) is 10.7 Å². The fraction of sp³-hybridized carbons (Fsp3) is 0.154. The number of hydrogen-bond acceptors (Lipinski definition) is 4. The van der Waals surface area contributed by atoms with Crippen molar-refractivity contribution in [2.75, 3.05) is 13.1 Å². The highest BCUT2D eigenvalue weighted by Crippen LogP contribution is 2.31. The summed E-state index contributed by atoms with van der Waals surface area (Å²) in [6, 6.07) is 26.5. The third-order valence-corrected chi connectivity index (χ3v) is 5.83. The molecule has 0 unspecified atom stereocenters. The van der Waals surface area contributed by atoms with Crippen LogP contribution in [0.15, 0.2) is 102 Å². The molecule has 0 spiro atoms. The lowest BCUT2D eigenvalue weighted by Crippen LogP contribution is -2.54. The summed E-state index contributed by atoms with van der Waals surface area (Å²) in [7, 11) is 0. The molecule has 5 rings (SSSR count). The van der Waals surface area contributed by atoms with Crippen molar-refractivity contribution in [2.24, 2.45) is 0 Å². The second-order valence-corrected chi connectivity index (χ2v) is 7.89. The van der Waals surface area contributed by atoms with Gasteiger partial charge in [0.05, 0.1) is 17.7 Å². The number of carbonyl (C=O) groups is 1. The van der Waals surface area contributed by atoms with Crippen LogP contribution in [0.1, 0.15) is 23.1 Å². The van der Waals surface area contributed by atoms with E-state index in [1.807, 2.05) is 77.7 Å². The van der Waals surface area contributed by atoms with Gasteiger partial charge < -0.3 is 4.90 Å². The third kappa shape index (κ3) is 3.83. The summed E-state index contributed by atoms with van der Waals surface area (Å²) >= 11 is 0. The molecule has 6 heteroatoms. The first-order chi connectivity index (χ1) is 15.7. The Balaban J connectivity index is 1.38. The molecule has 0 saturated carbocycles. The molecule has 3 heterocycles. The number of likely N-dealkylation sites (tertiary alicyclic amines) is 1. The highest BCUT2D eigenvalue weighted by atomic mass is 16.2. The topological polar surface area (TPSA) is 68.1 Å². The zero-order valence-electron chi connectivity index (χ0n) is 17.4. The average Bonchev–Trinajstić information content (AvgIpc) is 2.81. The van der Waals surface area contributed by atoms with Gasteiger partial charge in [0, 0.05) is 37.1 Å². The maximum absolute atomic E-state index is 13.5. The zero-order chi connectivity index (χ0) is 21.9. The Bertz CT molecular complexity index is 1230. The number of rotatable bonds is 5. The SMILES string of the molecule is O=C(C(c1ccccc1)c1ccccc1)N1CC(n2nc(-c3ccncc3)ccc2=O)C1. The second-order valence-electron chi connectivity index (χ2n) is 7.89. The van der Waals surface area contributed by atoms with Gasteiger partial charge in [0.2, 0.25) is 5.91 Å². The third-order valence-electron chi connectivity index (χ3n) is 5.83. The molecule has 158 valence electrons. The van der Waals surface area contributed by atoms with Crippen molar-refractivity contribution in [3.8, 4) is 11.3 Å². The Morgan fingerprint density at radius 1 is 0.812 bits per heavy atom. The number of hydrogen-bond donors (Lipinski definition) is 0. The first-order valence-corrected chi connectivity index (χ1v) is 10.6. The van der Waals surface area contributed by atoms with Gasteiger partial charge in [-0.1, -0.05) is 60.7 Å². The largest absolute Gasteiger partial charge is 0.337 e. The van der Waals surface area contributed by atoms with Crippen LogP contribution in [0.2, 0.25) is 0 Å². The molecule has 2 aromatic carbocycles. The lowest BCUT2D eigenvalue weighted by atomic mass is 9.89. The number of benzene rings is 2. The van der Waals surface area contributed by atoms with Crippen LogP contribution in [0.4, 0.5) is 0 Å². The van der Waals surface area contributed by atoms with Crippen LogP contribution in [-0.2, 0) is 4.79 Å². The lowest BCUT2D eigenvalue weighted by molar-refractivity contribution is -0.137. The Morgan fingerprint density at radius 2 is 1.41 bits per heavy atom. The maximum atomic E-state index is 13.5. The molecule has 0 N–H and O–H groups in total. The van der Waals surface area contributed by atoms with Crippen molar-refractivity contribution in [2.45, 2.75) is 12.0 Å². The van der Waals surface area contributed by atoms with Gasteiger partial charge in [-0.2, -0.15) is 5.10 Å². The van der Waals surface area contributed by atoms with Crippen LogP contribution in [0.5, 0.6) is 0 Å². The predicted octanol–water partition coefficient (Wildman–Crippen LogP) is 3.52. The first-order valence-electron chi connectivity index (χ1n) is 10.6. The summed E-state index contributed by atoms with van der Waals surface area (Å²) in [5, 5.41) is 4.56. The van der Waals surface area contributed by atoms with E-state index in [1.54, 1.807) is 18.5 Å². The normalized spacial score (nSPS) is 13.7. The smallest absolute Gasteiger partial charge is 0.267 e. The molecule has 1 aliphatic rings. The molecule has 6 nitrogen and oxygen atoms in total. The Labute approximate surface area is 185 Å². The van der Waals surface area contributed by atoms with E-state index < -0.39 is 0 Å². The zero-order valence-corrected chi connectivity index (χ0v) is 17.4. The number of pyridine rings is 1. The highest BCUT2D eigenvalue weighted by molar-refractivity contribution is 5.87. The van der Waals surface area contributed by atoms with E-state index in [4.69, 9.17) is 0 Å². The molecule has 1 aliphatic heterocycles. The maximum Gasteiger partial charge on any atom is 0.267 e. The Kier molecular flexibility index (Phi) is 5.34. The lowest BCUT2D eigenvalue weighted by Gasteiger charge is -2.41. The Morgan fingerprint density at radius 3 is 2.00 bits per heavy atom. The van der Waals surface area contributed by atoms with Gasteiger partial charge in [0.1, 0.15) is 0 Å². The summed E-state index contributed by atoms with van der Waals surface area (Å²) in [4.78, 5) is 31.8. The molecule has 1 fully saturated rings. The van der Waals surface area contributed by atoms with E-state index in [0.717, 1.165) is 16.7 Å². The molecule has 32 heavy (non-hydrogen) atoms. The van der Waals surface area contributed by atoms with Gasteiger partial charge in [-0.15, -0.1) is 0 Å². The fourth-order valence-electron chi connectivity index (χ4n) is 4.10. The fourth-order valence-corrected chi connectivity index (χ4v) is 4.10. The van der Waals surface area contributed by atoms with Gasteiger partial charge in [-0.3, -0.25) is 14.6 Å². The molecule has 0 bridgehead atoms. The van der Waals surface area contributed by atoms with Crippen molar-refractivity contribution in [3.63, 3.8) is 0 Å². The quantitative estimate of drug-likeness (QED) is 0.494. The molecular formula is C26H22N4O2. The first kappa shape index (κ1) is 19.9. The van der Waals surface area contributed by atoms with Crippen LogP contribution in [-0.4, -0.2) is 38.7 Å². The van der Waals surface area contributed by atoms with Crippen LogP contribution >= 0.6 is 0 Å². The molecular weight excluding hydrogens is 400 g/mol. The molecule has 0 atom stereocenters. The van der Waals surface area contributed by atoms with Gasteiger partial charge in [0.25, 0.3) is 5.56 Å². The summed E-state index contributed by atoms with van der Waals surface area (Å²) < 4.78 is 1.50. The van der Waals surface area contributed by atoms with E-state index in [0.29, 0.717) is 18.8 Å². The van der Waals surface area contributed by atoms with Crippen LogP contribution in [0.25, 0.3) is 11.3 Å². The summed E-state index contributed by atoms with van der Waals surface area (Å²) in [6.45, 7) is 0.920. The van der Waals surface area contributed by atoms with Gasteiger partial charge in [0.15, 0.2) is 0 Å². The number of carbonyl (C=O) groups excluding carboxylic acids is 1. The van der Waals surface area contributed by atoms with Crippen molar-refractivity contribution >= 4 is 5.91 Å². The minimum Gasteiger partial charge on any atom is -0.337 e. The van der Waals surface area contributed by atoms with Crippen molar-refractivity contribution in [1.29, 1.82) is 0 Å². The average molecular weight is 422 g/mol. The van der Waals surface area contributed by atoms with Gasteiger partial charge in [-0.25, -0.2) is 4.68 Å². The van der Waals surface area contributed by atoms with Crippen molar-refractivity contribution in [3.05, 3.63) is 119 Å². The predicted molar refractivity (Wildman–Crippen MR) is 122 cm³/mol. The highest BCUT2D eigenvalue weighted by Gasteiger charge is 2.37. The van der Waals surface area contributed by atoms with Crippen molar-refractivity contribution < 1.29 is 4.79 Å². The molecule has 1 saturated heterocycles. The van der Waals surface area contributed by atoms with E-state index >= 15 is 0 Å². The number of amides is 1. The van der Waals surface area contributed by atoms with E-state index in [2.05, 4.69) is 10.1 Å². The Hall–Kier alpha value is -4.06. The monoisotopic (exact) mass is 422 g/mol. The van der Waals surface area contributed by atoms with E-state index in [-0.39, 0.29) is 23.4 Å². The van der Waals surface area contributed by atoms with Crippen LogP contribution in [0, 0.1) is 0 Å². The minimum atomic E-state index is -0.369.